The highest BCUT2D eigenvalue weighted by Crippen LogP contribution is 2.34. The first-order chi connectivity index (χ1) is 14.4. The molecule has 1 fully saturated rings. The summed E-state index contributed by atoms with van der Waals surface area (Å²) in [6, 6.07) is -0.0290. The second-order valence-corrected chi connectivity index (χ2v) is 7.82. The summed E-state index contributed by atoms with van der Waals surface area (Å²) in [5.41, 5.74) is 2.62. The largest absolute Gasteiger partial charge is 0.351 e. The second kappa shape index (κ2) is 11.8. The van der Waals surface area contributed by atoms with Gasteiger partial charge in [-0.2, -0.15) is 0 Å². The molecule has 0 saturated carbocycles. The van der Waals surface area contributed by atoms with E-state index in [1.165, 1.54) is 6.08 Å². The monoisotopic (exact) mass is 436 g/mol. The van der Waals surface area contributed by atoms with E-state index in [0.29, 0.717) is 31.6 Å². The molecule has 1 saturated heterocycles. The lowest BCUT2D eigenvalue weighted by Gasteiger charge is -2.29. The second-order valence-electron chi connectivity index (χ2n) is 6.88. The Bertz CT molecular complexity index is 812. The van der Waals surface area contributed by atoms with Crippen LogP contribution in [-0.4, -0.2) is 55.0 Å². The molecule has 0 aromatic heterocycles. The fourth-order valence-electron chi connectivity index (χ4n) is 3.42. The van der Waals surface area contributed by atoms with Gasteiger partial charge in [-0.15, -0.1) is 0 Å². The zero-order valence-electron chi connectivity index (χ0n) is 18.0. The van der Waals surface area contributed by atoms with Crippen LogP contribution in [0.15, 0.2) is 55.9 Å². The van der Waals surface area contributed by atoms with Crippen molar-refractivity contribution in [2.75, 3.05) is 20.1 Å². The van der Waals surface area contributed by atoms with E-state index in [1.54, 1.807) is 24.9 Å². The topological polar surface area (TPSA) is 57.1 Å². The highest BCUT2D eigenvalue weighted by Gasteiger charge is 2.36. The van der Waals surface area contributed by atoms with E-state index in [0.717, 1.165) is 22.0 Å². The van der Waals surface area contributed by atoms with Crippen molar-refractivity contribution in [1.29, 1.82) is 0 Å². The number of carbonyl (C=O) groups excluding carboxylic acids is 1. The molecule has 2 rings (SSSR count). The van der Waals surface area contributed by atoms with Crippen LogP contribution >= 0.6 is 11.8 Å². The van der Waals surface area contributed by atoms with Gasteiger partial charge in [0.15, 0.2) is 0 Å². The maximum Gasteiger partial charge on any atom is 0.242 e. The molecule has 1 amide bonds. The number of fused-ring (bicyclic) bond motifs is 1. The van der Waals surface area contributed by atoms with Gasteiger partial charge in [0.25, 0.3) is 0 Å². The van der Waals surface area contributed by atoms with Gasteiger partial charge in [-0.05, 0) is 25.3 Å². The van der Waals surface area contributed by atoms with Crippen molar-refractivity contribution in [2.24, 2.45) is 9.98 Å². The highest BCUT2D eigenvalue weighted by molar-refractivity contribution is 8.06. The highest BCUT2D eigenvalue weighted by atomic mass is 32.2. The molecule has 5 nitrogen and oxygen atoms in total. The van der Waals surface area contributed by atoms with Crippen LogP contribution in [0.5, 0.6) is 0 Å². The molecule has 0 aromatic rings. The number of hydrogen-bond donors (Lipinski definition) is 1. The molecule has 0 spiro atoms. The average molecular weight is 437 g/mol. The van der Waals surface area contributed by atoms with Gasteiger partial charge < -0.3 is 10.2 Å². The van der Waals surface area contributed by atoms with Crippen LogP contribution in [0.1, 0.15) is 40.0 Å². The van der Waals surface area contributed by atoms with Crippen molar-refractivity contribution >= 4 is 29.2 Å². The molecule has 0 aromatic carbocycles. The third-order valence-corrected chi connectivity index (χ3v) is 5.88. The molecule has 2 aliphatic rings. The molecule has 0 aliphatic carbocycles. The van der Waals surface area contributed by atoms with Crippen molar-refractivity contribution in [2.45, 2.75) is 52.5 Å². The van der Waals surface area contributed by atoms with Crippen molar-refractivity contribution in [3.63, 3.8) is 0 Å². The summed E-state index contributed by atoms with van der Waals surface area (Å²) in [7, 11) is 1.66. The number of nitrogens with zero attached hydrogens (tertiary/aromatic N) is 3. The molecule has 0 radical (unpaired) electrons. The van der Waals surface area contributed by atoms with Gasteiger partial charge in [-0.3, -0.25) is 14.8 Å². The van der Waals surface area contributed by atoms with Gasteiger partial charge in [0.1, 0.15) is 5.84 Å². The Hall–Kier alpha value is -2.22. The van der Waals surface area contributed by atoms with E-state index >= 15 is 0 Å². The van der Waals surface area contributed by atoms with Crippen molar-refractivity contribution in [1.82, 2.24) is 10.2 Å². The summed E-state index contributed by atoms with van der Waals surface area (Å²) in [6.45, 7) is 6.82. The number of halogens is 2. The van der Waals surface area contributed by atoms with Crippen LogP contribution in [0.25, 0.3) is 0 Å². The van der Waals surface area contributed by atoms with E-state index in [1.807, 2.05) is 38.3 Å². The van der Waals surface area contributed by atoms with Crippen molar-refractivity contribution < 1.29 is 13.6 Å². The number of hydrogen-bond acceptors (Lipinski definition) is 5. The van der Waals surface area contributed by atoms with E-state index in [-0.39, 0.29) is 18.4 Å². The lowest BCUT2D eigenvalue weighted by Crippen LogP contribution is -2.39. The molecule has 2 aliphatic heterocycles. The SMILES string of the molecule is CC=C(S/C=C\C)C1=NCC(C(/C=C\CC(F)F)=NC)=C2CC(NC(=O)CC)CN12. The summed E-state index contributed by atoms with van der Waals surface area (Å²) in [6.07, 6.45) is 5.50. The molecular formula is C22H30F2N4OS. The third kappa shape index (κ3) is 6.14. The van der Waals surface area contributed by atoms with E-state index < -0.39 is 6.43 Å². The van der Waals surface area contributed by atoms with Crippen molar-refractivity contribution in [3.8, 4) is 0 Å². The summed E-state index contributed by atoms with van der Waals surface area (Å²) < 4.78 is 25.1. The molecule has 30 heavy (non-hydrogen) atoms. The first-order valence-corrected chi connectivity index (χ1v) is 11.0. The maximum atomic E-state index is 12.5. The molecule has 1 unspecified atom stereocenters. The number of amidine groups is 1. The number of thioether (sulfide) groups is 1. The van der Waals surface area contributed by atoms with Crippen LogP contribution in [0.3, 0.4) is 0 Å². The number of rotatable bonds is 9. The minimum absolute atomic E-state index is 0.0104. The van der Waals surface area contributed by atoms with Crippen LogP contribution in [-0.2, 0) is 4.79 Å². The fraction of sp³-hybridized carbons (Fsp3) is 0.500. The Balaban J connectivity index is 2.38. The summed E-state index contributed by atoms with van der Waals surface area (Å²) in [4.78, 5) is 24.3. The summed E-state index contributed by atoms with van der Waals surface area (Å²) in [5.74, 6) is 0.885. The number of alkyl halides is 2. The smallest absolute Gasteiger partial charge is 0.242 e. The molecule has 0 bridgehead atoms. The van der Waals surface area contributed by atoms with Crippen LogP contribution in [0.4, 0.5) is 8.78 Å². The average Bonchev–Trinajstić information content (AvgIpc) is 3.15. The first kappa shape index (κ1) is 24.1. The molecular weight excluding hydrogens is 406 g/mol. The predicted octanol–water partition coefficient (Wildman–Crippen LogP) is 4.71. The zero-order chi connectivity index (χ0) is 22.1. The van der Waals surface area contributed by atoms with Crippen molar-refractivity contribution in [3.05, 3.63) is 45.9 Å². The summed E-state index contributed by atoms with van der Waals surface area (Å²) >= 11 is 1.60. The number of amides is 1. The van der Waals surface area contributed by atoms with E-state index in [4.69, 9.17) is 4.99 Å². The van der Waals surface area contributed by atoms with E-state index in [9.17, 15) is 13.6 Å². The number of nitrogens with one attached hydrogen (secondary N) is 1. The van der Waals surface area contributed by atoms with Gasteiger partial charge >= 0.3 is 0 Å². The first-order valence-electron chi connectivity index (χ1n) is 10.1. The lowest BCUT2D eigenvalue weighted by molar-refractivity contribution is -0.121. The van der Waals surface area contributed by atoms with E-state index in [2.05, 4.69) is 15.2 Å². The van der Waals surface area contributed by atoms with Gasteiger partial charge in [-0.25, -0.2) is 8.78 Å². The Morgan fingerprint density at radius 1 is 1.43 bits per heavy atom. The van der Waals surface area contributed by atoms with Crippen LogP contribution in [0, 0.1) is 0 Å². The molecule has 1 N–H and O–H groups in total. The molecule has 1 atom stereocenters. The number of carbonyl (C=O) groups is 1. The van der Waals surface area contributed by atoms with Crippen LogP contribution < -0.4 is 5.32 Å². The maximum absolute atomic E-state index is 12.5. The summed E-state index contributed by atoms with van der Waals surface area (Å²) in [5, 5.41) is 5.08. The Labute approximate surface area is 181 Å². The quantitative estimate of drug-likeness (QED) is 0.533. The van der Waals surface area contributed by atoms with Gasteiger partial charge in [0.2, 0.25) is 12.3 Å². The number of allylic oxidation sites excluding steroid dienone is 4. The molecule has 164 valence electrons. The van der Waals surface area contributed by atoms with Crippen LogP contribution in [0.2, 0.25) is 0 Å². The minimum Gasteiger partial charge on any atom is -0.351 e. The van der Waals surface area contributed by atoms with Gasteiger partial charge in [0, 0.05) is 49.0 Å². The number of aliphatic imine (C=N–C) groups is 2. The van der Waals surface area contributed by atoms with Gasteiger partial charge in [0.05, 0.1) is 18.3 Å². The molecule has 2 heterocycles. The Morgan fingerprint density at radius 2 is 2.20 bits per heavy atom. The lowest BCUT2D eigenvalue weighted by atomic mass is 10.0. The zero-order valence-corrected chi connectivity index (χ0v) is 18.8. The fourth-order valence-corrected chi connectivity index (χ4v) is 4.12. The van der Waals surface area contributed by atoms with Gasteiger partial charge in [-0.1, -0.05) is 36.9 Å². The Morgan fingerprint density at radius 3 is 2.80 bits per heavy atom. The third-order valence-electron chi connectivity index (χ3n) is 4.80. The molecule has 8 heteroatoms. The standard InChI is InChI=1S/C22H30F2N4OS/c1-5-11-30-19(6-2)22-26-13-16(17(25-4)9-8-10-20(23)24)18-12-15(14-28(18)22)27-21(29)7-3/h5-6,8-9,11,15,20H,7,10,12-14H2,1-4H3,(H,27,29)/b9-8-,11-5-,19-6?,25-17?. The predicted molar refractivity (Wildman–Crippen MR) is 122 cm³/mol. The normalized spacial score (nSPS) is 20.6. The Kier molecular flexibility index (Phi) is 9.49. The minimum atomic E-state index is -2.38.